The Bertz CT molecular complexity index is 245. The normalized spacial score (nSPS) is 8.57. The topological polar surface area (TPSA) is 75.3 Å². The zero-order valence-electron chi connectivity index (χ0n) is 7.71. The molecule has 0 aromatic carbocycles. The molecule has 5 heteroatoms. The summed E-state index contributed by atoms with van der Waals surface area (Å²) < 4.78 is 0. The molecule has 0 saturated carbocycles. The van der Waals surface area contributed by atoms with Crippen molar-refractivity contribution in [2.45, 2.75) is 0 Å². The van der Waals surface area contributed by atoms with Gasteiger partial charge in [-0.1, -0.05) is 13.2 Å². The van der Waals surface area contributed by atoms with Gasteiger partial charge in [0.2, 0.25) is 11.8 Å². The predicted molar refractivity (Wildman–Crippen MR) is 51.4 cm³/mol. The second-order valence-electron chi connectivity index (χ2n) is 2.38. The fourth-order valence-electron chi connectivity index (χ4n) is 0.578. The molecule has 0 atom stereocenters. The van der Waals surface area contributed by atoms with Crippen LogP contribution in [0.1, 0.15) is 0 Å². The van der Waals surface area contributed by atoms with Crippen molar-refractivity contribution >= 4 is 17.6 Å². The Hall–Kier alpha value is -1.91. The van der Waals surface area contributed by atoms with Crippen LogP contribution in [0.25, 0.3) is 0 Å². The van der Waals surface area contributed by atoms with E-state index in [4.69, 9.17) is 0 Å². The second kappa shape index (κ2) is 6.59. The van der Waals surface area contributed by atoms with Crippen LogP contribution in [0.15, 0.2) is 25.3 Å². The molecule has 2 N–H and O–H groups in total. The lowest BCUT2D eigenvalue weighted by Gasteiger charge is -2.02. The van der Waals surface area contributed by atoms with Gasteiger partial charge in [-0.25, -0.2) is 0 Å². The number of rotatable bonds is 6. The molecular formula is C9H12N2O3. The minimum atomic E-state index is -0.423. The summed E-state index contributed by atoms with van der Waals surface area (Å²) in [6.45, 7) is 6.19. The molecule has 0 aliphatic carbocycles. The number of Topliss-reactive ketones (excluding diaryl/α,β-unsaturated/α-hetero) is 1. The third kappa shape index (κ3) is 5.70. The first-order valence-electron chi connectivity index (χ1n) is 3.92. The monoisotopic (exact) mass is 196 g/mol. The maximum absolute atomic E-state index is 11.0. The van der Waals surface area contributed by atoms with Crippen LogP contribution >= 0.6 is 0 Å². The fourth-order valence-corrected chi connectivity index (χ4v) is 0.578. The van der Waals surface area contributed by atoms with E-state index in [1.54, 1.807) is 0 Å². The van der Waals surface area contributed by atoms with E-state index in [1.807, 2.05) is 0 Å². The molecule has 0 aromatic heterocycles. The van der Waals surface area contributed by atoms with Crippen LogP contribution < -0.4 is 10.6 Å². The Labute approximate surface area is 81.9 Å². The lowest BCUT2D eigenvalue weighted by atomic mass is 10.3. The van der Waals surface area contributed by atoms with Crippen LogP contribution in [0.2, 0.25) is 0 Å². The maximum Gasteiger partial charge on any atom is 0.243 e. The van der Waals surface area contributed by atoms with E-state index < -0.39 is 11.8 Å². The van der Waals surface area contributed by atoms with Gasteiger partial charge in [0.05, 0.1) is 13.1 Å². The molecule has 0 saturated heterocycles. The van der Waals surface area contributed by atoms with Gasteiger partial charge in [-0.2, -0.15) is 0 Å². The van der Waals surface area contributed by atoms with Crippen LogP contribution in [0, 0.1) is 0 Å². The van der Waals surface area contributed by atoms with Crippen LogP contribution in [-0.2, 0) is 14.4 Å². The van der Waals surface area contributed by atoms with Gasteiger partial charge in [0.25, 0.3) is 0 Å². The van der Waals surface area contributed by atoms with Crippen molar-refractivity contribution in [1.82, 2.24) is 10.6 Å². The third-order valence-electron chi connectivity index (χ3n) is 1.29. The van der Waals surface area contributed by atoms with Gasteiger partial charge in [0.1, 0.15) is 0 Å². The van der Waals surface area contributed by atoms with Crippen molar-refractivity contribution in [1.29, 1.82) is 0 Å². The van der Waals surface area contributed by atoms with Crippen molar-refractivity contribution < 1.29 is 14.4 Å². The van der Waals surface area contributed by atoms with Gasteiger partial charge in [-0.3, -0.25) is 14.4 Å². The Kier molecular flexibility index (Phi) is 5.69. The van der Waals surface area contributed by atoms with Gasteiger partial charge in [-0.15, -0.1) is 0 Å². The summed E-state index contributed by atoms with van der Waals surface area (Å²) in [6, 6.07) is 0. The molecule has 76 valence electrons. The molecule has 0 aliphatic heterocycles. The van der Waals surface area contributed by atoms with Gasteiger partial charge in [0.15, 0.2) is 5.78 Å². The van der Waals surface area contributed by atoms with Crippen LogP contribution in [0.5, 0.6) is 0 Å². The number of amides is 2. The van der Waals surface area contributed by atoms with Crippen molar-refractivity contribution in [3.8, 4) is 0 Å². The molecule has 0 aromatic rings. The van der Waals surface area contributed by atoms with E-state index in [9.17, 15) is 14.4 Å². The van der Waals surface area contributed by atoms with Crippen molar-refractivity contribution in [2.24, 2.45) is 0 Å². The van der Waals surface area contributed by atoms with Crippen molar-refractivity contribution in [2.75, 3.05) is 13.1 Å². The minimum Gasteiger partial charge on any atom is -0.345 e. The number of carbonyl (C=O) groups excluding carboxylic acids is 3. The average molecular weight is 196 g/mol. The number of hydrogen-bond acceptors (Lipinski definition) is 3. The fraction of sp³-hybridized carbons (Fsp3) is 0.222. The molecule has 0 bridgehead atoms. The predicted octanol–water partition coefficient (Wildman–Crippen LogP) is -0.840. The molecular weight excluding hydrogens is 184 g/mol. The summed E-state index contributed by atoms with van der Waals surface area (Å²) in [5, 5.41) is 4.58. The highest BCUT2D eigenvalue weighted by molar-refractivity contribution is 5.94. The summed E-state index contributed by atoms with van der Waals surface area (Å²) >= 11 is 0. The van der Waals surface area contributed by atoms with E-state index in [0.29, 0.717) is 0 Å². The Balaban J connectivity index is 3.66. The van der Waals surface area contributed by atoms with Gasteiger partial charge in [-0.05, 0) is 12.2 Å². The molecule has 5 nitrogen and oxygen atoms in total. The first-order chi connectivity index (χ1) is 6.60. The smallest absolute Gasteiger partial charge is 0.243 e. The van der Waals surface area contributed by atoms with E-state index in [0.717, 1.165) is 12.2 Å². The summed E-state index contributed by atoms with van der Waals surface area (Å²) in [5.41, 5.74) is 0. The van der Waals surface area contributed by atoms with Gasteiger partial charge >= 0.3 is 0 Å². The third-order valence-corrected chi connectivity index (χ3v) is 1.29. The van der Waals surface area contributed by atoms with Crippen molar-refractivity contribution in [3.05, 3.63) is 25.3 Å². The van der Waals surface area contributed by atoms with Crippen molar-refractivity contribution in [3.63, 3.8) is 0 Å². The highest BCUT2D eigenvalue weighted by Crippen LogP contribution is 1.72. The molecule has 14 heavy (non-hydrogen) atoms. The molecule has 0 rings (SSSR count). The highest BCUT2D eigenvalue weighted by atomic mass is 16.2. The first kappa shape index (κ1) is 12.1. The molecule has 2 amide bonds. The molecule has 0 heterocycles. The Morgan fingerprint density at radius 3 is 1.57 bits per heavy atom. The van der Waals surface area contributed by atoms with E-state index in [2.05, 4.69) is 23.8 Å². The summed E-state index contributed by atoms with van der Waals surface area (Å²) in [6.07, 6.45) is 2.13. The van der Waals surface area contributed by atoms with Gasteiger partial charge in [0, 0.05) is 0 Å². The first-order valence-corrected chi connectivity index (χ1v) is 3.92. The quantitative estimate of drug-likeness (QED) is 0.544. The number of carbonyl (C=O) groups is 3. The zero-order valence-corrected chi connectivity index (χ0v) is 7.71. The van der Waals surface area contributed by atoms with Crippen LogP contribution in [-0.4, -0.2) is 30.7 Å². The molecule has 0 radical (unpaired) electrons. The minimum absolute atomic E-state index is 0.123. The van der Waals surface area contributed by atoms with Crippen LogP contribution in [0.4, 0.5) is 0 Å². The average Bonchev–Trinajstić information content (AvgIpc) is 2.22. The zero-order chi connectivity index (χ0) is 11.0. The summed E-state index contributed by atoms with van der Waals surface area (Å²) in [4.78, 5) is 32.2. The van der Waals surface area contributed by atoms with E-state index in [-0.39, 0.29) is 18.9 Å². The molecule has 0 unspecified atom stereocenters. The number of nitrogens with one attached hydrogen (secondary N) is 2. The summed E-state index contributed by atoms with van der Waals surface area (Å²) in [5.74, 6) is -1.14. The number of ketones is 1. The van der Waals surface area contributed by atoms with Crippen LogP contribution in [0.3, 0.4) is 0 Å². The Morgan fingerprint density at radius 2 is 1.29 bits per heavy atom. The standard InChI is InChI=1S/C9H12N2O3/c1-3-8(13)10-5-7(12)6-11-9(14)4-2/h3-4H,1-2,5-6H2,(H,10,13)(H,11,14). The highest BCUT2D eigenvalue weighted by Gasteiger charge is 2.03. The Morgan fingerprint density at radius 1 is 0.929 bits per heavy atom. The number of hydrogen-bond donors (Lipinski definition) is 2. The van der Waals surface area contributed by atoms with E-state index in [1.165, 1.54) is 0 Å². The lowest BCUT2D eigenvalue weighted by Crippen LogP contribution is -2.35. The molecule has 0 aliphatic rings. The second-order valence-corrected chi connectivity index (χ2v) is 2.38. The largest absolute Gasteiger partial charge is 0.345 e. The van der Waals surface area contributed by atoms with E-state index >= 15 is 0 Å². The lowest BCUT2D eigenvalue weighted by molar-refractivity contribution is -0.123. The molecule has 0 spiro atoms. The SMILES string of the molecule is C=CC(=O)NCC(=O)CNC(=O)C=C. The van der Waals surface area contributed by atoms with Gasteiger partial charge < -0.3 is 10.6 Å². The maximum atomic E-state index is 11.0. The molecule has 0 fully saturated rings. The summed E-state index contributed by atoms with van der Waals surface area (Å²) in [7, 11) is 0.